The number of anilines is 1. The van der Waals surface area contributed by atoms with Crippen LogP contribution < -0.4 is 14.8 Å². The molecular formula is C19H19N3O3S. The molecule has 2 heterocycles. The van der Waals surface area contributed by atoms with Crippen LogP contribution in [0.1, 0.15) is 12.5 Å². The van der Waals surface area contributed by atoms with Gasteiger partial charge in [-0.3, -0.25) is 4.79 Å². The molecule has 1 aliphatic rings. The number of hydrogen-bond donors (Lipinski definition) is 2. The standard InChI is InChI=1S/C19H19N3O3S/c1-11-3-5-14-15(9-11)22-19(21-14)26-12(2)18(23)20-13-4-6-16-17(10-13)25-8-7-24-16/h3-6,9-10,12H,7-8H2,1-2H3,(H,20,23)(H,21,22). The highest BCUT2D eigenvalue weighted by Gasteiger charge is 2.18. The molecule has 0 aliphatic carbocycles. The van der Waals surface area contributed by atoms with E-state index in [1.807, 2.05) is 44.2 Å². The average molecular weight is 369 g/mol. The normalized spacial score (nSPS) is 14.2. The van der Waals surface area contributed by atoms with E-state index in [-0.39, 0.29) is 11.2 Å². The maximum atomic E-state index is 12.5. The molecule has 2 aromatic carbocycles. The minimum Gasteiger partial charge on any atom is -0.486 e. The third-order valence-corrected chi connectivity index (χ3v) is 5.07. The Morgan fingerprint density at radius 3 is 2.85 bits per heavy atom. The number of carbonyl (C=O) groups excluding carboxylic acids is 1. The quantitative estimate of drug-likeness (QED) is 0.685. The van der Waals surface area contributed by atoms with Gasteiger partial charge in [-0.1, -0.05) is 17.8 Å². The van der Waals surface area contributed by atoms with E-state index < -0.39 is 0 Å². The van der Waals surface area contributed by atoms with E-state index in [9.17, 15) is 4.79 Å². The van der Waals surface area contributed by atoms with Crippen LogP contribution >= 0.6 is 11.8 Å². The van der Waals surface area contributed by atoms with Gasteiger partial charge in [-0.15, -0.1) is 0 Å². The second-order valence-electron chi connectivity index (χ2n) is 6.17. The van der Waals surface area contributed by atoms with Crippen molar-refractivity contribution < 1.29 is 14.3 Å². The van der Waals surface area contributed by atoms with Crippen LogP contribution in [0.25, 0.3) is 11.0 Å². The smallest absolute Gasteiger partial charge is 0.237 e. The lowest BCUT2D eigenvalue weighted by molar-refractivity contribution is -0.115. The zero-order chi connectivity index (χ0) is 18.1. The monoisotopic (exact) mass is 369 g/mol. The predicted octanol–water partition coefficient (Wildman–Crippen LogP) is 3.76. The molecule has 4 rings (SSSR count). The Balaban J connectivity index is 1.43. The molecule has 0 radical (unpaired) electrons. The molecule has 7 heteroatoms. The molecule has 134 valence electrons. The zero-order valence-electron chi connectivity index (χ0n) is 14.5. The van der Waals surface area contributed by atoms with Crippen molar-refractivity contribution in [3.05, 3.63) is 42.0 Å². The van der Waals surface area contributed by atoms with Gasteiger partial charge in [0.05, 0.1) is 16.3 Å². The number of aromatic nitrogens is 2. The van der Waals surface area contributed by atoms with Crippen LogP contribution in [-0.4, -0.2) is 34.3 Å². The van der Waals surface area contributed by atoms with Crippen molar-refractivity contribution in [2.24, 2.45) is 0 Å². The highest BCUT2D eigenvalue weighted by molar-refractivity contribution is 8.00. The van der Waals surface area contributed by atoms with Crippen molar-refractivity contribution in [3.63, 3.8) is 0 Å². The van der Waals surface area contributed by atoms with Crippen LogP contribution in [0, 0.1) is 6.92 Å². The minimum atomic E-state index is -0.301. The minimum absolute atomic E-state index is 0.0942. The van der Waals surface area contributed by atoms with Crippen LogP contribution in [0.4, 0.5) is 5.69 Å². The Morgan fingerprint density at radius 1 is 1.19 bits per heavy atom. The summed E-state index contributed by atoms with van der Waals surface area (Å²) in [4.78, 5) is 20.3. The third-order valence-electron chi connectivity index (χ3n) is 4.08. The van der Waals surface area contributed by atoms with E-state index in [0.29, 0.717) is 30.4 Å². The second kappa shape index (κ2) is 6.92. The van der Waals surface area contributed by atoms with E-state index in [1.54, 1.807) is 6.07 Å². The molecule has 1 unspecified atom stereocenters. The summed E-state index contributed by atoms with van der Waals surface area (Å²) in [5.41, 5.74) is 3.73. The maximum absolute atomic E-state index is 12.5. The largest absolute Gasteiger partial charge is 0.486 e. The number of imidazole rings is 1. The van der Waals surface area contributed by atoms with Gasteiger partial charge in [0.25, 0.3) is 0 Å². The molecule has 0 saturated heterocycles. The molecule has 1 amide bonds. The van der Waals surface area contributed by atoms with E-state index in [4.69, 9.17) is 9.47 Å². The third kappa shape index (κ3) is 3.48. The molecular weight excluding hydrogens is 350 g/mol. The predicted molar refractivity (Wildman–Crippen MR) is 102 cm³/mol. The van der Waals surface area contributed by atoms with Gasteiger partial charge >= 0.3 is 0 Å². The number of hydrogen-bond acceptors (Lipinski definition) is 5. The molecule has 0 spiro atoms. The number of fused-ring (bicyclic) bond motifs is 2. The number of ether oxygens (including phenoxy) is 2. The van der Waals surface area contributed by atoms with Crippen molar-refractivity contribution >= 4 is 34.4 Å². The van der Waals surface area contributed by atoms with Crippen LogP contribution in [0.5, 0.6) is 11.5 Å². The first-order chi connectivity index (χ1) is 12.6. The van der Waals surface area contributed by atoms with Gasteiger partial charge < -0.3 is 19.8 Å². The summed E-state index contributed by atoms with van der Waals surface area (Å²) in [6.45, 7) is 4.96. The van der Waals surface area contributed by atoms with E-state index in [2.05, 4.69) is 15.3 Å². The summed E-state index contributed by atoms with van der Waals surface area (Å²) < 4.78 is 11.0. The van der Waals surface area contributed by atoms with Gasteiger partial charge in [-0.2, -0.15) is 0 Å². The zero-order valence-corrected chi connectivity index (χ0v) is 15.4. The Bertz CT molecular complexity index is 970. The van der Waals surface area contributed by atoms with E-state index in [0.717, 1.165) is 16.2 Å². The number of aromatic amines is 1. The summed E-state index contributed by atoms with van der Waals surface area (Å²) in [6.07, 6.45) is 0. The van der Waals surface area contributed by atoms with Gasteiger partial charge in [0.2, 0.25) is 5.91 Å². The summed E-state index contributed by atoms with van der Waals surface area (Å²) in [5.74, 6) is 1.26. The summed E-state index contributed by atoms with van der Waals surface area (Å²) >= 11 is 1.40. The Hall–Kier alpha value is -2.67. The first kappa shape index (κ1) is 16.8. The summed E-state index contributed by atoms with van der Waals surface area (Å²) in [7, 11) is 0. The maximum Gasteiger partial charge on any atom is 0.237 e. The number of rotatable bonds is 4. The molecule has 26 heavy (non-hydrogen) atoms. The second-order valence-corrected chi connectivity index (χ2v) is 7.50. The number of H-pyrrole nitrogens is 1. The van der Waals surface area contributed by atoms with Gasteiger partial charge in [0.1, 0.15) is 13.2 Å². The fraction of sp³-hybridized carbons (Fsp3) is 0.263. The van der Waals surface area contributed by atoms with E-state index in [1.165, 1.54) is 17.3 Å². The lowest BCUT2D eigenvalue weighted by Gasteiger charge is -2.19. The lowest BCUT2D eigenvalue weighted by Crippen LogP contribution is -2.23. The SMILES string of the molecule is Cc1ccc2nc(SC(C)C(=O)Nc3ccc4c(c3)OCCO4)[nH]c2c1. The first-order valence-electron chi connectivity index (χ1n) is 8.42. The molecule has 2 N–H and O–H groups in total. The average Bonchev–Trinajstić information content (AvgIpc) is 3.02. The van der Waals surface area contributed by atoms with Gasteiger partial charge in [-0.25, -0.2) is 4.98 Å². The first-order valence-corrected chi connectivity index (χ1v) is 9.30. The molecule has 0 fully saturated rings. The van der Waals surface area contributed by atoms with Crippen molar-refractivity contribution in [2.45, 2.75) is 24.3 Å². The van der Waals surface area contributed by atoms with Crippen molar-refractivity contribution in [1.29, 1.82) is 0 Å². The Labute approximate surface area is 155 Å². The lowest BCUT2D eigenvalue weighted by atomic mass is 10.2. The van der Waals surface area contributed by atoms with Crippen LogP contribution in [-0.2, 0) is 4.79 Å². The van der Waals surface area contributed by atoms with Crippen molar-refractivity contribution in [3.8, 4) is 11.5 Å². The highest BCUT2D eigenvalue weighted by Crippen LogP contribution is 2.33. The molecule has 0 saturated carbocycles. The van der Waals surface area contributed by atoms with Gasteiger partial charge in [0, 0.05) is 11.8 Å². The van der Waals surface area contributed by atoms with Crippen LogP contribution in [0.3, 0.4) is 0 Å². The molecule has 1 aliphatic heterocycles. The summed E-state index contributed by atoms with van der Waals surface area (Å²) in [6, 6.07) is 11.5. The van der Waals surface area contributed by atoms with Gasteiger partial charge in [-0.05, 0) is 43.7 Å². The van der Waals surface area contributed by atoms with Gasteiger partial charge in [0.15, 0.2) is 16.7 Å². The molecule has 6 nitrogen and oxygen atoms in total. The van der Waals surface area contributed by atoms with Crippen LogP contribution in [0.15, 0.2) is 41.6 Å². The molecule has 1 aromatic heterocycles. The number of amides is 1. The van der Waals surface area contributed by atoms with E-state index >= 15 is 0 Å². The Kier molecular flexibility index (Phi) is 4.46. The fourth-order valence-electron chi connectivity index (χ4n) is 2.74. The van der Waals surface area contributed by atoms with Crippen LogP contribution in [0.2, 0.25) is 0 Å². The number of aryl methyl sites for hydroxylation is 1. The fourth-order valence-corrected chi connectivity index (χ4v) is 3.56. The number of nitrogens with zero attached hydrogens (tertiary/aromatic N) is 1. The van der Waals surface area contributed by atoms with Crippen molar-refractivity contribution in [1.82, 2.24) is 9.97 Å². The molecule has 0 bridgehead atoms. The topological polar surface area (TPSA) is 76.2 Å². The van der Waals surface area contributed by atoms with Crippen molar-refractivity contribution in [2.75, 3.05) is 18.5 Å². The molecule has 3 aromatic rings. The highest BCUT2D eigenvalue weighted by atomic mass is 32.2. The number of carbonyl (C=O) groups is 1. The number of nitrogens with one attached hydrogen (secondary N) is 2. The molecule has 1 atom stereocenters. The summed E-state index contributed by atoms with van der Waals surface area (Å²) in [5, 5.41) is 3.35. The Morgan fingerprint density at radius 2 is 2.00 bits per heavy atom. The number of thioether (sulfide) groups is 1. The number of benzene rings is 2.